The quantitative estimate of drug-likeness (QED) is 0.525. The zero-order chi connectivity index (χ0) is 9.59. The maximum absolute atomic E-state index is 11.1. The van der Waals surface area contributed by atoms with Crippen LogP contribution in [0.15, 0.2) is 32.6 Å². The van der Waals surface area contributed by atoms with Gasteiger partial charge in [0.15, 0.2) is 0 Å². The number of fused-ring (bicyclic) bond motifs is 1. The molecule has 0 saturated carbocycles. The SMILES string of the molecule is O.O=c1c(=O)c2ccc(O)cc2c1=O. The molecule has 0 radical (unpaired) electrons. The fraction of sp³-hybridized carbons (Fsp3) is 0. The van der Waals surface area contributed by atoms with Crippen molar-refractivity contribution in [2.75, 3.05) is 0 Å². The van der Waals surface area contributed by atoms with Gasteiger partial charge in [-0.1, -0.05) is 0 Å². The number of phenolic OH excluding ortho intramolecular Hbond substituents is 1. The third-order valence-electron chi connectivity index (χ3n) is 1.90. The molecule has 0 spiro atoms. The van der Waals surface area contributed by atoms with Crippen LogP contribution < -0.4 is 16.3 Å². The van der Waals surface area contributed by atoms with Crippen LogP contribution in [0.1, 0.15) is 0 Å². The first-order valence-electron chi connectivity index (χ1n) is 3.57. The van der Waals surface area contributed by atoms with Crippen LogP contribution in [0.3, 0.4) is 0 Å². The van der Waals surface area contributed by atoms with Gasteiger partial charge in [-0.05, 0) is 18.2 Å². The van der Waals surface area contributed by atoms with Crippen molar-refractivity contribution in [2.24, 2.45) is 0 Å². The third-order valence-corrected chi connectivity index (χ3v) is 1.90. The Bertz CT molecular complexity index is 619. The fourth-order valence-electron chi connectivity index (χ4n) is 1.27. The Morgan fingerprint density at radius 2 is 1.43 bits per heavy atom. The summed E-state index contributed by atoms with van der Waals surface area (Å²) in [6, 6.07) is 3.67. The number of hydrogen-bond donors (Lipinski definition) is 1. The van der Waals surface area contributed by atoms with Crippen LogP contribution in [0.5, 0.6) is 5.75 Å². The van der Waals surface area contributed by atoms with Gasteiger partial charge in [-0.3, -0.25) is 14.4 Å². The highest BCUT2D eigenvalue weighted by Gasteiger charge is 2.11. The highest BCUT2D eigenvalue weighted by atomic mass is 16.3. The summed E-state index contributed by atoms with van der Waals surface area (Å²) in [5, 5.41) is 9.08. The molecule has 3 N–H and O–H groups in total. The first-order valence-corrected chi connectivity index (χ1v) is 3.57. The first kappa shape index (κ1) is 10.1. The Labute approximate surface area is 76.9 Å². The molecule has 0 aliphatic heterocycles. The van der Waals surface area contributed by atoms with Gasteiger partial charge in [0.2, 0.25) is 10.9 Å². The predicted octanol–water partition coefficient (Wildman–Crippen LogP) is -1.32. The van der Waals surface area contributed by atoms with E-state index >= 15 is 0 Å². The summed E-state index contributed by atoms with van der Waals surface area (Å²) in [6.45, 7) is 0. The molecule has 0 fully saturated rings. The van der Waals surface area contributed by atoms with Crippen molar-refractivity contribution in [1.29, 1.82) is 0 Å². The molecule has 0 atom stereocenters. The molecule has 2 rings (SSSR count). The van der Waals surface area contributed by atoms with E-state index in [2.05, 4.69) is 0 Å². The van der Waals surface area contributed by atoms with Crippen LogP contribution in [0.25, 0.3) is 10.8 Å². The van der Waals surface area contributed by atoms with Crippen LogP contribution >= 0.6 is 0 Å². The molecule has 0 amide bonds. The largest absolute Gasteiger partial charge is 0.508 e. The molecular weight excluding hydrogens is 188 g/mol. The molecule has 5 nitrogen and oxygen atoms in total. The van der Waals surface area contributed by atoms with Gasteiger partial charge in [0.25, 0.3) is 5.43 Å². The second kappa shape index (κ2) is 3.04. The van der Waals surface area contributed by atoms with E-state index in [1.165, 1.54) is 12.1 Å². The molecule has 0 aliphatic rings. The Hall–Kier alpha value is -2.01. The van der Waals surface area contributed by atoms with E-state index in [0.717, 1.165) is 6.07 Å². The Balaban J connectivity index is 0.000000980. The zero-order valence-corrected chi connectivity index (χ0v) is 6.90. The van der Waals surface area contributed by atoms with Crippen molar-refractivity contribution in [3.63, 3.8) is 0 Å². The zero-order valence-electron chi connectivity index (χ0n) is 6.90. The molecule has 0 unspecified atom stereocenters. The summed E-state index contributed by atoms with van der Waals surface area (Å²) in [5.74, 6) is -0.130. The summed E-state index contributed by atoms with van der Waals surface area (Å²) in [5.41, 5.74) is -2.66. The van der Waals surface area contributed by atoms with Gasteiger partial charge >= 0.3 is 0 Å². The fourth-order valence-corrected chi connectivity index (χ4v) is 1.27. The molecule has 14 heavy (non-hydrogen) atoms. The van der Waals surface area contributed by atoms with Gasteiger partial charge in [-0.2, -0.15) is 0 Å². The molecule has 72 valence electrons. The van der Waals surface area contributed by atoms with E-state index in [-0.39, 0.29) is 22.0 Å². The molecule has 0 aliphatic carbocycles. The first-order chi connectivity index (χ1) is 6.11. The summed E-state index contributed by atoms with van der Waals surface area (Å²) in [6.07, 6.45) is 0. The maximum Gasteiger partial charge on any atom is 0.273 e. The molecule has 2 aromatic carbocycles. The Kier molecular flexibility index (Phi) is 2.19. The molecule has 0 aromatic heterocycles. The summed E-state index contributed by atoms with van der Waals surface area (Å²) >= 11 is 0. The van der Waals surface area contributed by atoms with Crippen molar-refractivity contribution in [3.05, 3.63) is 48.9 Å². The normalized spacial score (nSPS) is 10.0. The molecular formula is C9H6O5. The lowest BCUT2D eigenvalue weighted by Crippen LogP contribution is -2.29. The van der Waals surface area contributed by atoms with Crippen molar-refractivity contribution in [1.82, 2.24) is 0 Å². The van der Waals surface area contributed by atoms with Crippen LogP contribution in [-0.4, -0.2) is 10.6 Å². The maximum atomic E-state index is 11.1. The van der Waals surface area contributed by atoms with E-state index < -0.39 is 16.3 Å². The number of hydrogen-bond acceptors (Lipinski definition) is 4. The van der Waals surface area contributed by atoms with Crippen LogP contribution in [-0.2, 0) is 0 Å². The lowest BCUT2D eigenvalue weighted by molar-refractivity contribution is 0.476. The van der Waals surface area contributed by atoms with E-state index in [0.29, 0.717) is 0 Å². The number of phenols is 1. The average molecular weight is 194 g/mol. The van der Waals surface area contributed by atoms with Gasteiger partial charge in [-0.15, -0.1) is 0 Å². The highest BCUT2D eigenvalue weighted by Crippen LogP contribution is 2.12. The van der Waals surface area contributed by atoms with Crippen LogP contribution in [0.2, 0.25) is 0 Å². The molecule has 5 heteroatoms. The predicted molar refractivity (Wildman–Crippen MR) is 50.4 cm³/mol. The summed E-state index contributed by atoms with van der Waals surface area (Å²) < 4.78 is 0. The van der Waals surface area contributed by atoms with Gasteiger partial charge in [-0.25, -0.2) is 0 Å². The van der Waals surface area contributed by atoms with Gasteiger partial charge in [0.1, 0.15) is 5.75 Å². The topological polar surface area (TPSA) is 103 Å². The molecule has 0 saturated heterocycles. The number of rotatable bonds is 0. The second-order valence-electron chi connectivity index (χ2n) is 2.72. The van der Waals surface area contributed by atoms with E-state index in [1.54, 1.807) is 0 Å². The van der Waals surface area contributed by atoms with Gasteiger partial charge in [0, 0.05) is 10.8 Å². The highest BCUT2D eigenvalue weighted by molar-refractivity contribution is 5.84. The minimum atomic E-state index is -1.03. The third kappa shape index (κ3) is 1.11. The second-order valence-corrected chi connectivity index (χ2v) is 2.72. The number of benzene rings is 1. The molecule has 0 heterocycles. The van der Waals surface area contributed by atoms with Crippen molar-refractivity contribution in [3.8, 4) is 5.75 Å². The van der Waals surface area contributed by atoms with Gasteiger partial charge in [0.05, 0.1) is 0 Å². The van der Waals surface area contributed by atoms with Crippen molar-refractivity contribution < 1.29 is 10.6 Å². The van der Waals surface area contributed by atoms with Gasteiger partial charge < -0.3 is 10.6 Å². The van der Waals surface area contributed by atoms with Crippen LogP contribution in [0, 0.1) is 0 Å². The average Bonchev–Trinajstić information content (AvgIpc) is 2.32. The monoisotopic (exact) mass is 194 g/mol. The van der Waals surface area contributed by atoms with E-state index in [4.69, 9.17) is 5.11 Å². The Morgan fingerprint density at radius 1 is 0.857 bits per heavy atom. The summed E-state index contributed by atoms with van der Waals surface area (Å²) in [7, 11) is 0. The van der Waals surface area contributed by atoms with E-state index in [9.17, 15) is 14.4 Å². The smallest absolute Gasteiger partial charge is 0.273 e. The lowest BCUT2D eigenvalue weighted by Gasteiger charge is -1.88. The van der Waals surface area contributed by atoms with E-state index in [1.807, 2.05) is 0 Å². The standard InChI is InChI=1S/C9H4O4.H2O/c10-4-1-2-5-6(3-4)8(12)9(13)7(5)11;/h1-3,10H;1H2. The molecule has 0 bridgehead atoms. The van der Waals surface area contributed by atoms with Crippen molar-refractivity contribution in [2.45, 2.75) is 0 Å². The van der Waals surface area contributed by atoms with Crippen LogP contribution in [0.4, 0.5) is 0 Å². The minimum Gasteiger partial charge on any atom is -0.508 e. The lowest BCUT2D eigenvalue weighted by atomic mass is 10.2. The minimum absolute atomic E-state index is 0. The van der Waals surface area contributed by atoms with Crippen molar-refractivity contribution >= 4 is 10.8 Å². The number of aromatic hydroxyl groups is 1. The Morgan fingerprint density at radius 3 is 2.07 bits per heavy atom. The summed E-state index contributed by atoms with van der Waals surface area (Å²) in [4.78, 5) is 33.0. The molecule has 2 aromatic rings.